The number of likely N-dealkylation sites (N-methyl/N-ethyl adjacent to an activating group) is 1. The Labute approximate surface area is 201 Å². The van der Waals surface area contributed by atoms with Crippen molar-refractivity contribution in [1.82, 2.24) is 19.7 Å². The van der Waals surface area contributed by atoms with Crippen molar-refractivity contribution in [2.24, 2.45) is 0 Å². The minimum Gasteiger partial charge on any atom is -0.508 e. The van der Waals surface area contributed by atoms with Crippen LogP contribution in [0.2, 0.25) is 5.02 Å². The molecule has 2 aromatic carbocycles. The van der Waals surface area contributed by atoms with Gasteiger partial charge in [-0.2, -0.15) is 0 Å². The number of fused-ring (bicyclic) bond motifs is 4. The number of urea groups is 1. The van der Waals surface area contributed by atoms with Gasteiger partial charge in [-0.25, -0.2) is 9.18 Å². The molecule has 3 heterocycles. The SMILES string of the molecule is CCN(C)CCN1C(=O)N2[C@H](c3cccc(O)c3)c3[nH]c4cc(F)c(Cl)cc4c3C[C@@]2(C)C1=O. The van der Waals surface area contributed by atoms with E-state index in [1.165, 1.54) is 11.0 Å². The van der Waals surface area contributed by atoms with Crippen molar-refractivity contribution < 1.29 is 19.1 Å². The van der Waals surface area contributed by atoms with Crippen molar-refractivity contribution in [3.63, 3.8) is 0 Å². The van der Waals surface area contributed by atoms with Crippen molar-refractivity contribution in [2.45, 2.75) is 31.8 Å². The second-order valence-electron chi connectivity index (χ2n) is 9.28. The van der Waals surface area contributed by atoms with E-state index in [0.29, 0.717) is 23.3 Å². The largest absolute Gasteiger partial charge is 0.508 e. The third kappa shape index (κ3) is 3.27. The fourth-order valence-corrected chi connectivity index (χ4v) is 5.34. The van der Waals surface area contributed by atoms with E-state index in [0.717, 1.165) is 17.5 Å². The molecule has 3 aromatic rings. The highest BCUT2D eigenvalue weighted by atomic mass is 35.5. The predicted octanol–water partition coefficient (Wildman–Crippen LogP) is 4.29. The molecule has 1 aromatic heterocycles. The molecule has 1 saturated heterocycles. The topological polar surface area (TPSA) is 79.9 Å². The van der Waals surface area contributed by atoms with Crippen molar-refractivity contribution in [1.29, 1.82) is 0 Å². The lowest BCUT2D eigenvalue weighted by Crippen LogP contribution is -2.53. The summed E-state index contributed by atoms with van der Waals surface area (Å²) in [5.41, 5.74) is 1.56. The van der Waals surface area contributed by atoms with Crippen LogP contribution in [0.25, 0.3) is 10.9 Å². The van der Waals surface area contributed by atoms with E-state index in [2.05, 4.69) is 4.98 Å². The molecule has 0 bridgehead atoms. The maximum atomic E-state index is 14.2. The number of phenolic OH excluding ortho intramolecular Hbond substituents is 1. The number of nitrogens with one attached hydrogen (secondary N) is 1. The summed E-state index contributed by atoms with van der Waals surface area (Å²) in [7, 11) is 1.94. The van der Waals surface area contributed by atoms with Crippen LogP contribution in [0, 0.1) is 5.82 Å². The number of aromatic nitrogens is 1. The van der Waals surface area contributed by atoms with Crippen LogP contribution in [0.1, 0.15) is 36.7 Å². The molecule has 178 valence electrons. The number of hydrogen-bond acceptors (Lipinski definition) is 4. The number of H-pyrrole nitrogens is 1. The zero-order valence-corrected chi connectivity index (χ0v) is 20.0. The van der Waals surface area contributed by atoms with Gasteiger partial charge in [-0.3, -0.25) is 14.6 Å². The van der Waals surface area contributed by atoms with Crippen LogP contribution in [-0.2, 0) is 11.2 Å². The Balaban J connectivity index is 1.69. The van der Waals surface area contributed by atoms with Crippen molar-refractivity contribution in [2.75, 3.05) is 26.7 Å². The first kappa shape index (κ1) is 22.7. The molecule has 0 aliphatic carbocycles. The summed E-state index contributed by atoms with van der Waals surface area (Å²) in [6, 6.07) is 8.51. The lowest BCUT2D eigenvalue weighted by Gasteiger charge is -2.42. The van der Waals surface area contributed by atoms with Crippen LogP contribution in [0.5, 0.6) is 5.75 Å². The number of halogens is 2. The Morgan fingerprint density at radius 1 is 1.29 bits per heavy atom. The smallest absolute Gasteiger partial charge is 0.328 e. The second kappa shape index (κ2) is 7.99. The Kier molecular flexibility index (Phi) is 5.33. The van der Waals surface area contributed by atoms with Crippen LogP contribution < -0.4 is 0 Å². The van der Waals surface area contributed by atoms with Gasteiger partial charge in [0.15, 0.2) is 0 Å². The molecule has 2 atom stereocenters. The summed E-state index contributed by atoms with van der Waals surface area (Å²) >= 11 is 6.10. The first-order valence-corrected chi connectivity index (χ1v) is 11.7. The molecule has 2 N–H and O–H groups in total. The summed E-state index contributed by atoms with van der Waals surface area (Å²) in [5, 5.41) is 10.9. The highest BCUT2D eigenvalue weighted by molar-refractivity contribution is 6.31. The van der Waals surface area contributed by atoms with Crippen molar-refractivity contribution in [3.05, 3.63) is 64.1 Å². The van der Waals surface area contributed by atoms with Gasteiger partial charge in [0.1, 0.15) is 23.1 Å². The van der Waals surface area contributed by atoms with Crippen LogP contribution in [-0.4, -0.2) is 68.9 Å². The number of aromatic amines is 1. The molecular formula is C25H26ClFN4O3. The number of hydrogen-bond donors (Lipinski definition) is 2. The van der Waals surface area contributed by atoms with Gasteiger partial charge < -0.3 is 15.0 Å². The highest BCUT2D eigenvalue weighted by Gasteiger charge is 2.60. The number of rotatable bonds is 5. The first-order valence-electron chi connectivity index (χ1n) is 11.3. The number of benzene rings is 2. The summed E-state index contributed by atoms with van der Waals surface area (Å²) in [6.45, 7) is 5.45. The van der Waals surface area contributed by atoms with E-state index in [9.17, 15) is 19.1 Å². The molecule has 9 heteroatoms. The van der Waals surface area contributed by atoms with Gasteiger partial charge in [-0.1, -0.05) is 30.7 Å². The van der Waals surface area contributed by atoms with E-state index in [1.807, 2.05) is 24.9 Å². The maximum absolute atomic E-state index is 14.2. The normalized spacial score (nSPS) is 22.1. The van der Waals surface area contributed by atoms with Gasteiger partial charge in [0, 0.05) is 36.1 Å². The third-order valence-corrected chi connectivity index (χ3v) is 7.43. The lowest BCUT2D eigenvalue weighted by molar-refractivity contribution is -0.133. The van der Waals surface area contributed by atoms with E-state index in [4.69, 9.17) is 11.6 Å². The van der Waals surface area contributed by atoms with Gasteiger partial charge in [0.25, 0.3) is 5.91 Å². The Bertz CT molecular complexity index is 1320. The maximum Gasteiger partial charge on any atom is 0.328 e. The van der Waals surface area contributed by atoms with E-state index in [1.54, 1.807) is 36.1 Å². The monoisotopic (exact) mass is 484 g/mol. The summed E-state index contributed by atoms with van der Waals surface area (Å²) < 4.78 is 14.2. The Morgan fingerprint density at radius 3 is 2.76 bits per heavy atom. The zero-order chi connectivity index (χ0) is 24.4. The van der Waals surface area contributed by atoms with E-state index >= 15 is 0 Å². The standard InChI is InChI=1S/C25H26ClFN4O3/c1-4-29(3)8-9-30-23(33)25(2)13-17-16-11-18(26)19(27)12-20(16)28-21(17)22(31(25)24(30)34)14-6-5-7-15(32)10-14/h5-7,10-12,22,28,32H,4,8-9,13H2,1-3H3/t22-,25+/m1/s1. The predicted molar refractivity (Wildman–Crippen MR) is 127 cm³/mol. The quantitative estimate of drug-likeness (QED) is 0.529. The number of carbonyl (C=O) groups excluding carboxylic acids is 2. The van der Waals surface area contributed by atoms with Gasteiger partial charge in [-0.15, -0.1) is 0 Å². The molecule has 0 radical (unpaired) electrons. The molecular weight excluding hydrogens is 459 g/mol. The summed E-state index contributed by atoms with van der Waals surface area (Å²) in [4.78, 5) is 35.7. The average molecular weight is 485 g/mol. The minimum atomic E-state index is -1.14. The molecule has 5 rings (SSSR count). The molecule has 0 unspecified atom stereocenters. The van der Waals surface area contributed by atoms with Gasteiger partial charge in [0.2, 0.25) is 0 Å². The van der Waals surface area contributed by atoms with E-state index < -0.39 is 17.4 Å². The number of amides is 3. The number of carbonyl (C=O) groups is 2. The summed E-state index contributed by atoms with van der Waals surface area (Å²) in [6.07, 6.45) is 0.268. The molecule has 7 nitrogen and oxygen atoms in total. The van der Waals surface area contributed by atoms with Crippen molar-refractivity contribution in [3.8, 4) is 5.75 Å². The second-order valence-corrected chi connectivity index (χ2v) is 9.69. The third-order valence-electron chi connectivity index (χ3n) is 7.14. The van der Waals surface area contributed by atoms with E-state index in [-0.39, 0.29) is 35.7 Å². The molecule has 1 fully saturated rings. The fourth-order valence-electron chi connectivity index (χ4n) is 5.18. The number of nitrogens with zero attached hydrogens (tertiary/aromatic N) is 3. The fraction of sp³-hybridized carbons (Fsp3) is 0.360. The molecule has 34 heavy (non-hydrogen) atoms. The summed E-state index contributed by atoms with van der Waals surface area (Å²) in [5.74, 6) is -0.761. The molecule has 0 saturated carbocycles. The zero-order valence-electron chi connectivity index (χ0n) is 19.2. The van der Waals surface area contributed by atoms with Gasteiger partial charge >= 0.3 is 6.03 Å². The highest BCUT2D eigenvalue weighted by Crippen LogP contribution is 2.49. The Morgan fingerprint density at radius 2 is 2.06 bits per heavy atom. The van der Waals surface area contributed by atoms with Crippen LogP contribution >= 0.6 is 11.6 Å². The average Bonchev–Trinajstić information content (AvgIpc) is 3.22. The molecule has 2 aliphatic rings. The number of imide groups is 1. The van der Waals surface area contributed by atoms with Crippen LogP contribution in [0.4, 0.5) is 9.18 Å². The van der Waals surface area contributed by atoms with Gasteiger partial charge in [-0.05, 0) is 55.9 Å². The van der Waals surface area contributed by atoms with Crippen LogP contribution in [0.15, 0.2) is 36.4 Å². The number of aromatic hydroxyl groups is 1. The van der Waals surface area contributed by atoms with Crippen molar-refractivity contribution >= 4 is 34.4 Å². The molecule has 0 spiro atoms. The lowest BCUT2D eigenvalue weighted by atomic mass is 9.81. The van der Waals surface area contributed by atoms with Gasteiger partial charge in [0.05, 0.1) is 5.02 Å². The minimum absolute atomic E-state index is 0.00570. The number of phenols is 1. The molecule has 3 amide bonds. The van der Waals surface area contributed by atoms with Crippen LogP contribution in [0.3, 0.4) is 0 Å². The molecule has 2 aliphatic heterocycles. The first-order chi connectivity index (χ1) is 16.2. The Hall–Kier alpha value is -3.10.